The van der Waals surface area contributed by atoms with Crippen LogP contribution in [0.3, 0.4) is 0 Å². The number of rotatable bonds is 4. The molecular formula is C22H16F3N3O. The van der Waals surface area contributed by atoms with E-state index in [1.54, 1.807) is 24.4 Å². The maximum atomic E-state index is 13.0. The van der Waals surface area contributed by atoms with Crippen LogP contribution >= 0.6 is 0 Å². The average molecular weight is 395 g/mol. The lowest BCUT2D eigenvalue weighted by molar-refractivity contribution is -0.137. The van der Waals surface area contributed by atoms with Crippen LogP contribution in [0.2, 0.25) is 0 Å². The van der Waals surface area contributed by atoms with Crippen LogP contribution in [0, 0.1) is 18.3 Å². The molecule has 0 aliphatic heterocycles. The van der Waals surface area contributed by atoms with Gasteiger partial charge in [0.15, 0.2) is 0 Å². The van der Waals surface area contributed by atoms with Crippen LogP contribution in [-0.4, -0.2) is 10.9 Å². The Morgan fingerprint density at radius 1 is 1.07 bits per heavy atom. The van der Waals surface area contributed by atoms with Crippen LogP contribution < -0.4 is 5.32 Å². The third-order valence-corrected chi connectivity index (χ3v) is 4.21. The Labute approximate surface area is 165 Å². The summed E-state index contributed by atoms with van der Waals surface area (Å²) in [6.07, 6.45) is -3.14. The number of pyridine rings is 1. The molecule has 1 aromatic heterocycles. The Balaban J connectivity index is 1.72. The third kappa shape index (κ3) is 5.20. The molecule has 0 aliphatic carbocycles. The molecule has 0 unspecified atom stereocenters. The van der Waals surface area contributed by atoms with Crippen LogP contribution in [0.1, 0.15) is 22.4 Å². The zero-order valence-electron chi connectivity index (χ0n) is 15.4. The largest absolute Gasteiger partial charge is 0.416 e. The second-order valence-corrected chi connectivity index (χ2v) is 6.52. The van der Waals surface area contributed by atoms with Gasteiger partial charge in [0.05, 0.1) is 23.6 Å². The quantitative estimate of drug-likeness (QED) is 0.666. The lowest BCUT2D eigenvalue weighted by atomic mass is 10.0. The standard InChI is InChI=1S/C22H16F3N3O/c1-14-8-18(6-7-27-14)17-2-4-20(5-3-17)28-21(29)12-15-9-16(13-26)11-19(10-15)22(23,24)25/h2-11H,12H2,1H3,(H,28,29). The maximum absolute atomic E-state index is 13.0. The number of benzene rings is 2. The summed E-state index contributed by atoms with van der Waals surface area (Å²) in [5, 5.41) is 11.6. The van der Waals surface area contributed by atoms with Crippen molar-refractivity contribution in [3.05, 3.63) is 83.2 Å². The number of amides is 1. The fourth-order valence-corrected chi connectivity index (χ4v) is 2.88. The molecule has 0 aliphatic rings. The second-order valence-electron chi connectivity index (χ2n) is 6.52. The number of carbonyl (C=O) groups is 1. The van der Waals surface area contributed by atoms with Crippen molar-refractivity contribution >= 4 is 11.6 Å². The van der Waals surface area contributed by atoms with Crippen LogP contribution in [0.15, 0.2) is 60.8 Å². The molecule has 3 aromatic rings. The smallest absolute Gasteiger partial charge is 0.326 e. The molecule has 2 aromatic carbocycles. The number of aryl methyl sites for hydroxylation is 1. The molecule has 4 nitrogen and oxygen atoms in total. The summed E-state index contributed by atoms with van der Waals surface area (Å²) >= 11 is 0. The molecule has 0 spiro atoms. The third-order valence-electron chi connectivity index (χ3n) is 4.21. The Bertz CT molecular complexity index is 1080. The van der Waals surface area contributed by atoms with Gasteiger partial charge in [-0.05, 0) is 66.1 Å². The van der Waals surface area contributed by atoms with Gasteiger partial charge in [0.25, 0.3) is 0 Å². The van der Waals surface area contributed by atoms with Crippen molar-refractivity contribution in [1.29, 1.82) is 5.26 Å². The SMILES string of the molecule is Cc1cc(-c2ccc(NC(=O)Cc3cc(C#N)cc(C(F)(F)F)c3)cc2)ccn1. The molecule has 7 heteroatoms. The number of anilines is 1. The van der Waals surface area contributed by atoms with E-state index in [0.29, 0.717) is 5.69 Å². The lowest BCUT2D eigenvalue weighted by Crippen LogP contribution is -2.15. The molecule has 0 radical (unpaired) electrons. The molecule has 0 bridgehead atoms. The van der Waals surface area contributed by atoms with Crippen molar-refractivity contribution in [2.24, 2.45) is 0 Å². The first-order valence-electron chi connectivity index (χ1n) is 8.69. The van der Waals surface area contributed by atoms with E-state index in [9.17, 15) is 18.0 Å². The number of alkyl halides is 3. The van der Waals surface area contributed by atoms with E-state index in [2.05, 4.69) is 10.3 Å². The summed E-state index contributed by atoms with van der Waals surface area (Å²) in [5.41, 5.74) is 2.39. The predicted octanol–water partition coefficient (Wildman–Crippen LogP) is 5.13. The number of carbonyl (C=O) groups excluding carboxylic acids is 1. The number of hydrogen-bond acceptors (Lipinski definition) is 3. The van der Waals surface area contributed by atoms with E-state index in [1.165, 1.54) is 6.07 Å². The van der Waals surface area contributed by atoms with Crippen molar-refractivity contribution in [2.45, 2.75) is 19.5 Å². The first-order valence-corrected chi connectivity index (χ1v) is 8.69. The Morgan fingerprint density at radius 3 is 2.41 bits per heavy atom. The molecule has 3 rings (SSSR count). The molecule has 1 amide bonds. The number of nitriles is 1. The minimum atomic E-state index is -4.58. The minimum absolute atomic E-state index is 0.123. The maximum Gasteiger partial charge on any atom is 0.416 e. The molecule has 1 N–H and O–H groups in total. The number of nitrogens with one attached hydrogen (secondary N) is 1. The lowest BCUT2D eigenvalue weighted by Gasteiger charge is -2.11. The summed E-state index contributed by atoms with van der Waals surface area (Å²) in [6, 6.07) is 15.5. The van der Waals surface area contributed by atoms with Gasteiger partial charge in [-0.2, -0.15) is 18.4 Å². The number of nitrogens with zero attached hydrogens (tertiary/aromatic N) is 2. The Kier molecular flexibility index (Phi) is 5.64. The summed E-state index contributed by atoms with van der Waals surface area (Å²) < 4.78 is 38.9. The number of halogens is 3. The molecule has 29 heavy (non-hydrogen) atoms. The minimum Gasteiger partial charge on any atom is -0.326 e. The van der Waals surface area contributed by atoms with E-state index in [1.807, 2.05) is 31.2 Å². The highest BCUT2D eigenvalue weighted by Crippen LogP contribution is 2.31. The highest BCUT2D eigenvalue weighted by molar-refractivity contribution is 5.92. The van der Waals surface area contributed by atoms with E-state index < -0.39 is 17.6 Å². The molecular weight excluding hydrogens is 379 g/mol. The van der Waals surface area contributed by atoms with Gasteiger partial charge in [0, 0.05) is 17.6 Å². The normalized spacial score (nSPS) is 11.0. The number of hydrogen-bond donors (Lipinski definition) is 1. The summed E-state index contributed by atoms with van der Waals surface area (Å²) in [5.74, 6) is -0.472. The van der Waals surface area contributed by atoms with Crippen LogP contribution in [0.5, 0.6) is 0 Å². The first kappa shape index (κ1) is 20.1. The van der Waals surface area contributed by atoms with Gasteiger partial charge >= 0.3 is 6.18 Å². The van der Waals surface area contributed by atoms with E-state index >= 15 is 0 Å². The highest BCUT2D eigenvalue weighted by atomic mass is 19.4. The zero-order valence-corrected chi connectivity index (χ0v) is 15.4. The van der Waals surface area contributed by atoms with Gasteiger partial charge in [0.1, 0.15) is 0 Å². The van der Waals surface area contributed by atoms with Crippen molar-refractivity contribution in [1.82, 2.24) is 4.98 Å². The van der Waals surface area contributed by atoms with Gasteiger partial charge in [0.2, 0.25) is 5.91 Å². The topological polar surface area (TPSA) is 65.8 Å². The summed E-state index contributed by atoms with van der Waals surface area (Å²) in [7, 11) is 0. The molecule has 0 fully saturated rings. The van der Waals surface area contributed by atoms with Crippen LogP contribution in [-0.2, 0) is 17.4 Å². The van der Waals surface area contributed by atoms with Crippen LogP contribution in [0.25, 0.3) is 11.1 Å². The van der Waals surface area contributed by atoms with E-state index in [4.69, 9.17) is 5.26 Å². The summed E-state index contributed by atoms with van der Waals surface area (Å²) in [4.78, 5) is 16.4. The molecule has 0 saturated carbocycles. The van der Waals surface area contributed by atoms with Crippen molar-refractivity contribution in [2.75, 3.05) is 5.32 Å². The van der Waals surface area contributed by atoms with E-state index in [-0.39, 0.29) is 17.5 Å². The molecule has 146 valence electrons. The van der Waals surface area contributed by atoms with Gasteiger partial charge in [-0.25, -0.2) is 0 Å². The van der Waals surface area contributed by atoms with Gasteiger partial charge < -0.3 is 5.32 Å². The van der Waals surface area contributed by atoms with Gasteiger partial charge in [-0.3, -0.25) is 9.78 Å². The Morgan fingerprint density at radius 2 is 1.79 bits per heavy atom. The molecule has 0 atom stereocenters. The summed E-state index contributed by atoms with van der Waals surface area (Å²) in [6.45, 7) is 1.89. The van der Waals surface area contributed by atoms with Crippen molar-refractivity contribution in [3.8, 4) is 17.2 Å². The first-order chi connectivity index (χ1) is 13.7. The zero-order chi connectivity index (χ0) is 21.0. The average Bonchev–Trinajstić information content (AvgIpc) is 2.67. The van der Waals surface area contributed by atoms with E-state index in [0.717, 1.165) is 29.0 Å². The molecule has 1 heterocycles. The van der Waals surface area contributed by atoms with Gasteiger partial charge in [-0.1, -0.05) is 12.1 Å². The van der Waals surface area contributed by atoms with Crippen molar-refractivity contribution < 1.29 is 18.0 Å². The fraction of sp³-hybridized carbons (Fsp3) is 0.136. The van der Waals surface area contributed by atoms with Crippen molar-refractivity contribution in [3.63, 3.8) is 0 Å². The monoisotopic (exact) mass is 395 g/mol. The number of aromatic nitrogens is 1. The molecule has 0 saturated heterocycles. The highest BCUT2D eigenvalue weighted by Gasteiger charge is 2.31. The fourth-order valence-electron chi connectivity index (χ4n) is 2.88. The second kappa shape index (κ2) is 8.15. The van der Waals surface area contributed by atoms with Crippen LogP contribution in [0.4, 0.5) is 18.9 Å². The van der Waals surface area contributed by atoms with Gasteiger partial charge in [-0.15, -0.1) is 0 Å². The predicted molar refractivity (Wildman–Crippen MR) is 103 cm³/mol. The Hall–Kier alpha value is -3.66.